The van der Waals surface area contributed by atoms with E-state index in [0.717, 1.165) is 13.0 Å². The van der Waals surface area contributed by atoms with Crippen molar-refractivity contribution in [2.24, 2.45) is 11.7 Å². The molecule has 1 aromatic rings. The third kappa shape index (κ3) is 4.77. The first-order valence-electron chi connectivity index (χ1n) is 6.65. The molecule has 18 heavy (non-hydrogen) atoms. The number of rotatable bonds is 7. The number of likely N-dealkylation sites (N-methyl/N-ethyl adjacent to an activating group) is 1. The van der Waals surface area contributed by atoms with E-state index in [1.54, 1.807) is 0 Å². The van der Waals surface area contributed by atoms with Crippen LogP contribution in [-0.2, 0) is 6.54 Å². The lowest BCUT2D eigenvalue weighted by Gasteiger charge is -2.32. The molecule has 0 aromatic heterocycles. The number of hydrogen-bond acceptors (Lipinski definition) is 3. The second-order valence-electron chi connectivity index (χ2n) is 5.44. The summed E-state index contributed by atoms with van der Waals surface area (Å²) >= 11 is 0. The van der Waals surface area contributed by atoms with Crippen molar-refractivity contribution < 1.29 is 5.11 Å². The predicted octanol–water partition coefficient (Wildman–Crippen LogP) is 1.85. The van der Waals surface area contributed by atoms with Crippen LogP contribution >= 0.6 is 0 Å². The van der Waals surface area contributed by atoms with Crippen molar-refractivity contribution in [2.45, 2.75) is 38.9 Å². The smallest absolute Gasteiger partial charge is 0.0601 e. The van der Waals surface area contributed by atoms with Gasteiger partial charge in [0.25, 0.3) is 0 Å². The normalized spacial score (nSPS) is 15.1. The maximum atomic E-state index is 9.54. The Morgan fingerprint density at radius 3 is 2.33 bits per heavy atom. The van der Waals surface area contributed by atoms with Gasteiger partial charge in [0, 0.05) is 18.6 Å². The first kappa shape index (κ1) is 15.2. The van der Waals surface area contributed by atoms with Crippen molar-refractivity contribution in [3.8, 4) is 0 Å². The summed E-state index contributed by atoms with van der Waals surface area (Å²) in [6.07, 6.45) is 0.935. The Morgan fingerprint density at radius 1 is 1.22 bits per heavy atom. The van der Waals surface area contributed by atoms with Crippen LogP contribution in [0.1, 0.15) is 25.8 Å². The zero-order valence-corrected chi connectivity index (χ0v) is 11.7. The summed E-state index contributed by atoms with van der Waals surface area (Å²) in [6, 6.07) is 10.3. The minimum atomic E-state index is 0.0173. The van der Waals surface area contributed by atoms with Gasteiger partial charge in [-0.25, -0.2) is 0 Å². The van der Waals surface area contributed by atoms with Gasteiger partial charge < -0.3 is 10.8 Å². The molecule has 0 spiro atoms. The Balaban J connectivity index is 2.59. The monoisotopic (exact) mass is 250 g/mol. The number of aliphatic hydroxyl groups is 1. The topological polar surface area (TPSA) is 49.5 Å². The van der Waals surface area contributed by atoms with E-state index in [9.17, 15) is 5.11 Å². The highest BCUT2D eigenvalue weighted by Crippen LogP contribution is 2.13. The van der Waals surface area contributed by atoms with Crippen LogP contribution in [0.4, 0.5) is 0 Å². The van der Waals surface area contributed by atoms with Crippen LogP contribution in [-0.4, -0.2) is 35.7 Å². The van der Waals surface area contributed by atoms with Crippen LogP contribution < -0.4 is 5.73 Å². The Bertz CT molecular complexity index is 327. The summed E-state index contributed by atoms with van der Waals surface area (Å²) in [6.45, 7) is 5.24. The highest BCUT2D eigenvalue weighted by molar-refractivity contribution is 5.14. The van der Waals surface area contributed by atoms with Crippen LogP contribution in [0.15, 0.2) is 30.3 Å². The van der Waals surface area contributed by atoms with Crippen molar-refractivity contribution in [1.82, 2.24) is 4.90 Å². The Hall–Kier alpha value is -0.900. The molecule has 0 radical (unpaired) electrons. The van der Waals surface area contributed by atoms with Crippen LogP contribution in [0.25, 0.3) is 0 Å². The van der Waals surface area contributed by atoms with E-state index in [-0.39, 0.29) is 18.7 Å². The van der Waals surface area contributed by atoms with E-state index in [1.807, 2.05) is 25.2 Å². The Labute approximate surface area is 111 Å². The molecule has 2 unspecified atom stereocenters. The second kappa shape index (κ2) is 7.52. The number of nitrogens with two attached hydrogens (primary N) is 1. The molecule has 2 atom stereocenters. The summed E-state index contributed by atoms with van der Waals surface area (Å²) < 4.78 is 0. The average Bonchev–Trinajstić information content (AvgIpc) is 2.30. The number of benzene rings is 1. The van der Waals surface area contributed by atoms with Crippen molar-refractivity contribution in [3.63, 3.8) is 0 Å². The number of hydrogen-bond donors (Lipinski definition) is 2. The lowest BCUT2D eigenvalue weighted by atomic mass is 9.97. The van der Waals surface area contributed by atoms with Gasteiger partial charge in [0.05, 0.1) is 6.61 Å². The van der Waals surface area contributed by atoms with Gasteiger partial charge in [-0.15, -0.1) is 0 Å². The van der Waals surface area contributed by atoms with E-state index in [2.05, 4.69) is 30.9 Å². The molecule has 3 nitrogen and oxygen atoms in total. The fourth-order valence-corrected chi connectivity index (χ4v) is 2.29. The molecule has 0 aliphatic rings. The lowest BCUT2D eigenvalue weighted by molar-refractivity contribution is 0.114. The zero-order chi connectivity index (χ0) is 13.5. The van der Waals surface area contributed by atoms with Gasteiger partial charge in [0.1, 0.15) is 0 Å². The molecule has 3 N–H and O–H groups in total. The van der Waals surface area contributed by atoms with Crippen molar-refractivity contribution in [3.05, 3.63) is 35.9 Å². The summed E-state index contributed by atoms with van der Waals surface area (Å²) in [7, 11) is 2.02. The standard InChI is InChI=1S/C15H26N2O/c1-12(2)9-14(16)15(11-18)17(3)10-13-7-5-4-6-8-13/h4-8,12,14-15,18H,9-11,16H2,1-3H3. The largest absolute Gasteiger partial charge is 0.395 e. The van der Waals surface area contributed by atoms with E-state index in [4.69, 9.17) is 5.73 Å². The minimum Gasteiger partial charge on any atom is -0.395 e. The third-order valence-corrected chi connectivity index (χ3v) is 3.27. The molecule has 0 aliphatic carbocycles. The third-order valence-electron chi connectivity index (χ3n) is 3.27. The molecule has 0 saturated heterocycles. The number of aliphatic hydroxyl groups excluding tert-OH is 1. The van der Waals surface area contributed by atoms with Gasteiger partial charge in [-0.05, 0) is 24.9 Å². The summed E-state index contributed by atoms with van der Waals surface area (Å²) in [5, 5.41) is 9.54. The predicted molar refractivity (Wildman–Crippen MR) is 76.2 cm³/mol. The van der Waals surface area contributed by atoms with Gasteiger partial charge in [-0.2, -0.15) is 0 Å². The van der Waals surface area contributed by atoms with E-state index in [0.29, 0.717) is 5.92 Å². The molecule has 0 heterocycles. The molecule has 0 amide bonds. The number of nitrogens with zero attached hydrogens (tertiary/aromatic N) is 1. The summed E-state index contributed by atoms with van der Waals surface area (Å²) in [4.78, 5) is 2.14. The van der Waals surface area contributed by atoms with Crippen LogP contribution in [0.5, 0.6) is 0 Å². The molecular weight excluding hydrogens is 224 g/mol. The maximum absolute atomic E-state index is 9.54. The van der Waals surface area contributed by atoms with Gasteiger partial charge in [0.15, 0.2) is 0 Å². The van der Waals surface area contributed by atoms with Crippen LogP contribution in [0, 0.1) is 5.92 Å². The van der Waals surface area contributed by atoms with Crippen molar-refractivity contribution in [1.29, 1.82) is 0 Å². The molecule has 0 bridgehead atoms. The molecule has 1 aromatic carbocycles. The minimum absolute atomic E-state index is 0.0173. The molecule has 0 aliphatic heterocycles. The Morgan fingerprint density at radius 2 is 1.83 bits per heavy atom. The highest BCUT2D eigenvalue weighted by atomic mass is 16.3. The first-order valence-corrected chi connectivity index (χ1v) is 6.65. The van der Waals surface area contributed by atoms with Gasteiger partial charge in [0.2, 0.25) is 0 Å². The highest BCUT2D eigenvalue weighted by Gasteiger charge is 2.22. The first-order chi connectivity index (χ1) is 8.54. The fourth-order valence-electron chi connectivity index (χ4n) is 2.29. The zero-order valence-electron chi connectivity index (χ0n) is 11.7. The van der Waals surface area contributed by atoms with E-state index in [1.165, 1.54) is 5.56 Å². The van der Waals surface area contributed by atoms with Gasteiger partial charge >= 0.3 is 0 Å². The van der Waals surface area contributed by atoms with Crippen molar-refractivity contribution in [2.75, 3.05) is 13.7 Å². The molecule has 3 heteroatoms. The SMILES string of the molecule is CC(C)CC(N)C(CO)N(C)Cc1ccccc1. The molecule has 0 saturated carbocycles. The molecule has 1 rings (SSSR count). The quantitative estimate of drug-likeness (QED) is 0.776. The molecule has 102 valence electrons. The summed E-state index contributed by atoms with van der Waals surface area (Å²) in [5.74, 6) is 0.555. The van der Waals surface area contributed by atoms with Crippen LogP contribution in [0.3, 0.4) is 0 Å². The van der Waals surface area contributed by atoms with E-state index >= 15 is 0 Å². The maximum Gasteiger partial charge on any atom is 0.0601 e. The average molecular weight is 250 g/mol. The van der Waals surface area contributed by atoms with Crippen LogP contribution in [0.2, 0.25) is 0 Å². The molecular formula is C15H26N2O. The fraction of sp³-hybridized carbons (Fsp3) is 0.600. The van der Waals surface area contributed by atoms with E-state index < -0.39 is 0 Å². The molecule has 0 fully saturated rings. The van der Waals surface area contributed by atoms with Gasteiger partial charge in [-0.1, -0.05) is 44.2 Å². The second-order valence-corrected chi connectivity index (χ2v) is 5.44. The lowest BCUT2D eigenvalue weighted by Crippen LogP contribution is -2.48. The van der Waals surface area contributed by atoms with Gasteiger partial charge in [-0.3, -0.25) is 4.90 Å². The summed E-state index contributed by atoms with van der Waals surface area (Å²) in [5.41, 5.74) is 7.43. The van der Waals surface area contributed by atoms with Crippen molar-refractivity contribution >= 4 is 0 Å². The Kier molecular flexibility index (Phi) is 6.33.